The van der Waals surface area contributed by atoms with Crippen LogP contribution in [0.1, 0.15) is 59.5 Å². The molecule has 2 aromatic rings. The van der Waals surface area contributed by atoms with Crippen LogP contribution in [0.25, 0.3) is 0 Å². The Labute approximate surface area is 225 Å². The zero-order valence-electron chi connectivity index (χ0n) is 20.7. The van der Waals surface area contributed by atoms with E-state index >= 15 is 0 Å². The molecule has 0 unspecified atom stereocenters. The lowest BCUT2D eigenvalue weighted by molar-refractivity contribution is -0.189. The van der Waals surface area contributed by atoms with Gasteiger partial charge in [0.05, 0.1) is 23.1 Å². The smallest absolute Gasteiger partial charge is 0.345 e. The Bertz CT molecular complexity index is 1280. The molecular formula is C25H26ClF4N5O4. The molecular weight excluding hydrogens is 546 g/mol. The molecule has 2 aliphatic heterocycles. The zero-order valence-corrected chi connectivity index (χ0v) is 21.4. The number of nitrogens with zero attached hydrogens (tertiary/aromatic N) is 3. The van der Waals surface area contributed by atoms with E-state index in [9.17, 15) is 31.9 Å². The van der Waals surface area contributed by atoms with Crippen molar-refractivity contribution in [2.45, 2.75) is 57.3 Å². The maximum Gasteiger partial charge on any atom is 0.345 e. The molecule has 0 bridgehead atoms. The van der Waals surface area contributed by atoms with Crippen LogP contribution in [-0.4, -0.2) is 71.0 Å². The number of carbonyl (C=O) groups excluding carboxylic acids is 3. The molecule has 3 fully saturated rings. The molecule has 1 saturated carbocycles. The first-order valence-electron chi connectivity index (χ1n) is 12.6. The first-order valence-corrected chi connectivity index (χ1v) is 13.0. The molecule has 0 atom stereocenters. The van der Waals surface area contributed by atoms with Crippen molar-refractivity contribution in [1.82, 2.24) is 20.2 Å². The number of aromatic nitrogens is 2. The Kier molecular flexibility index (Phi) is 7.55. The summed E-state index contributed by atoms with van der Waals surface area (Å²) < 4.78 is 56.5. The van der Waals surface area contributed by atoms with Gasteiger partial charge in [-0.05, 0) is 44.6 Å². The second kappa shape index (κ2) is 10.8. The number of rotatable bonds is 6. The van der Waals surface area contributed by atoms with Crippen molar-refractivity contribution in [3.05, 3.63) is 46.5 Å². The van der Waals surface area contributed by atoms with E-state index in [1.807, 2.05) is 0 Å². The molecule has 5 rings (SSSR count). The molecule has 9 nitrogen and oxygen atoms in total. The summed E-state index contributed by atoms with van der Waals surface area (Å²) in [7, 11) is 0. The summed E-state index contributed by atoms with van der Waals surface area (Å²) in [6, 6.07) is 1.53. The van der Waals surface area contributed by atoms with Gasteiger partial charge in [-0.25, -0.2) is 13.8 Å². The summed E-state index contributed by atoms with van der Waals surface area (Å²) in [5, 5.41) is 2.83. The summed E-state index contributed by atoms with van der Waals surface area (Å²) in [4.78, 5) is 48.5. The summed E-state index contributed by atoms with van der Waals surface area (Å²) >= 11 is 6.13. The van der Waals surface area contributed by atoms with Gasteiger partial charge in [0.1, 0.15) is 5.69 Å². The molecule has 0 radical (unpaired) electrons. The van der Waals surface area contributed by atoms with Crippen LogP contribution in [0.5, 0.6) is 0 Å². The number of hydrogen-bond donors (Lipinski definition) is 2. The fraction of sp³-hybridized carbons (Fsp3) is 0.520. The molecule has 3 aliphatic rings. The summed E-state index contributed by atoms with van der Waals surface area (Å²) in [5.41, 5.74) is -0.710. The molecule has 2 saturated heterocycles. The molecule has 14 heteroatoms. The highest BCUT2D eigenvalue weighted by Gasteiger charge is 2.47. The fourth-order valence-corrected chi connectivity index (χ4v) is 5.93. The number of imidazole rings is 1. The Morgan fingerprint density at radius 1 is 1.15 bits per heavy atom. The quantitative estimate of drug-likeness (QED) is 0.404. The summed E-state index contributed by atoms with van der Waals surface area (Å²) in [6.07, 6.45) is 3.67. The minimum absolute atomic E-state index is 0.0191. The third kappa shape index (κ3) is 5.33. The van der Waals surface area contributed by atoms with E-state index in [4.69, 9.17) is 11.6 Å². The topological polar surface area (TPSA) is 108 Å². The van der Waals surface area contributed by atoms with Gasteiger partial charge in [-0.2, -0.15) is 8.78 Å². The first-order chi connectivity index (χ1) is 18.6. The molecule has 1 aliphatic carbocycles. The lowest BCUT2D eigenvalue weighted by atomic mass is 9.67. The van der Waals surface area contributed by atoms with Crippen molar-refractivity contribution in [2.24, 2.45) is 5.41 Å². The van der Waals surface area contributed by atoms with E-state index in [1.165, 1.54) is 16.1 Å². The van der Waals surface area contributed by atoms with Gasteiger partial charge < -0.3 is 24.8 Å². The number of H-pyrrole nitrogens is 1. The molecule has 1 spiro atoms. The number of aromatic amines is 1. The van der Waals surface area contributed by atoms with E-state index < -0.39 is 41.6 Å². The van der Waals surface area contributed by atoms with E-state index in [1.54, 1.807) is 0 Å². The van der Waals surface area contributed by atoms with Gasteiger partial charge in [-0.15, -0.1) is 0 Å². The third-order valence-electron chi connectivity index (χ3n) is 7.79. The molecule has 1 aromatic heterocycles. The Morgan fingerprint density at radius 3 is 2.54 bits per heavy atom. The molecule has 3 heterocycles. The number of hydrogen-bond acceptors (Lipinski definition) is 5. The maximum absolute atomic E-state index is 13.9. The van der Waals surface area contributed by atoms with E-state index in [2.05, 4.69) is 20.0 Å². The SMILES string of the molecule is O=C(NC1CCC2(CCCN(c3cc(F)c(F)cc3Cl)C2=O)CC1)c1nc[nH]c1C(=O)N1CC(OC(F)F)C1. The van der Waals surface area contributed by atoms with Crippen LogP contribution in [0.4, 0.5) is 23.2 Å². The Morgan fingerprint density at radius 2 is 1.85 bits per heavy atom. The highest BCUT2D eigenvalue weighted by Crippen LogP contribution is 2.46. The third-order valence-corrected chi connectivity index (χ3v) is 8.10. The minimum Gasteiger partial charge on any atom is -0.348 e. The number of ether oxygens (including phenoxy) is 1. The predicted octanol–water partition coefficient (Wildman–Crippen LogP) is 3.89. The fourth-order valence-electron chi connectivity index (χ4n) is 5.67. The second-order valence-electron chi connectivity index (χ2n) is 10.2. The number of piperidine rings is 1. The largest absolute Gasteiger partial charge is 0.348 e. The van der Waals surface area contributed by atoms with Crippen molar-refractivity contribution >= 4 is 35.0 Å². The van der Waals surface area contributed by atoms with Gasteiger partial charge in [0.25, 0.3) is 11.8 Å². The summed E-state index contributed by atoms with van der Waals surface area (Å²) in [5.74, 6) is -3.48. The predicted molar refractivity (Wildman–Crippen MR) is 130 cm³/mol. The number of amides is 3. The molecule has 39 heavy (non-hydrogen) atoms. The van der Waals surface area contributed by atoms with Crippen LogP contribution >= 0.6 is 11.6 Å². The number of likely N-dealkylation sites (tertiary alicyclic amines) is 1. The lowest BCUT2D eigenvalue weighted by Crippen LogP contribution is -2.55. The van der Waals surface area contributed by atoms with E-state index in [-0.39, 0.29) is 47.1 Å². The molecule has 1 aromatic carbocycles. The minimum atomic E-state index is -2.92. The number of alkyl halides is 2. The van der Waals surface area contributed by atoms with Crippen molar-refractivity contribution in [1.29, 1.82) is 0 Å². The van der Waals surface area contributed by atoms with Gasteiger partial charge in [0.2, 0.25) is 5.91 Å². The van der Waals surface area contributed by atoms with Crippen LogP contribution in [0.3, 0.4) is 0 Å². The van der Waals surface area contributed by atoms with Crippen molar-refractivity contribution in [3.63, 3.8) is 0 Å². The van der Waals surface area contributed by atoms with Crippen molar-refractivity contribution < 1.29 is 36.7 Å². The first kappa shape index (κ1) is 27.4. The van der Waals surface area contributed by atoms with Gasteiger partial charge >= 0.3 is 6.61 Å². The van der Waals surface area contributed by atoms with Crippen LogP contribution in [0, 0.1) is 17.0 Å². The normalized spacial score (nSPS) is 23.8. The van der Waals surface area contributed by atoms with Gasteiger partial charge in [0.15, 0.2) is 17.3 Å². The number of anilines is 1. The van der Waals surface area contributed by atoms with Gasteiger partial charge in [-0.1, -0.05) is 11.6 Å². The van der Waals surface area contributed by atoms with Crippen LogP contribution in [0.2, 0.25) is 5.02 Å². The zero-order chi connectivity index (χ0) is 27.9. The van der Waals surface area contributed by atoms with E-state index in [0.717, 1.165) is 12.1 Å². The highest BCUT2D eigenvalue weighted by molar-refractivity contribution is 6.33. The standard InChI is InChI=1S/C25H26ClF4N5O4/c26-15-8-16(27)17(28)9-18(15)35-7-1-4-25(23(35)38)5-2-13(3-6-25)33-21(36)19-20(32-12-31-19)22(37)34-10-14(11-34)39-24(29)30/h8-9,12-14,24H,1-7,10-11H2,(H,31,32)(H,33,36). The lowest BCUT2D eigenvalue weighted by Gasteiger charge is -2.45. The van der Waals surface area contributed by atoms with Gasteiger partial charge in [-0.3, -0.25) is 14.4 Å². The molecule has 3 amide bonds. The monoisotopic (exact) mass is 571 g/mol. The highest BCUT2D eigenvalue weighted by atomic mass is 35.5. The van der Waals surface area contributed by atoms with Gasteiger partial charge in [0, 0.05) is 37.2 Å². The Balaban J connectivity index is 1.19. The Hall–Kier alpha value is -3.19. The van der Waals surface area contributed by atoms with Crippen LogP contribution < -0.4 is 10.2 Å². The van der Waals surface area contributed by atoms with Crippen molar-refractivity contribution in [3.8, 4) is 0 Å². The number of halogens is 5. The summed E-state index contributed by atoms with van der Waals surface area (Å²) in [6.45, 7) is -2.62. The second-order valence-corrected chi connectivity index (χ2v) is 10.6. The van der Waals surface area contributed by atoms with Crippen molar-refractivity contribution in [2.75, 3.05) is 24.5 Å². The van der Waals surface area contributed by atoms with E-state index in [0.29, 0.717) is 45.1 Å². The average Bonchev–Trinajstić information content (AvgIpc) is 3.37. The van der Waals surface area contributed by atoms with Crippen LogP contribution in [-0.2, 0) is 9.53 Å². The number of benzene rings is 1. The maximum atomic E-state index is 13.9. The average molecular weight is 572 g/mol. The molecule has 2 N–H and O–H groups in total. The number of nitrogens with one attached hydrogen (secondary N) is 2. The molecule has 210 valence electrons. The number of carbonyl (C=O) groups is 3. The van der Waals surface area contributed by atoms with Crippen LogP contribution in [0.15, 0.2) is 18.5 Å².